The van der Waals surface area contributed by atoms with Gasteiger partial charge in [-0.15, -0.1) is 0 Å². The van der Waals surface area contributed by atoms with Crippen molar-refractivity contribution in [2.24, 2.45) is 5.73 Å². The number of benzene rings is 1. The van der Waals surface area contributed by atoms with Crippen molar-refractivity contribution in [3.05, 3.63) is 29.8 Å². The first-order valence-corrected chi connectivity index (χ1v) is 4.87. The van der Waals surface area contributed by atoms with Crippen molar-refractivity contribution in [3.8, 4) is 5.75 Å². The molecule has 0 saturated carbocycles. The van der Waals surface area contributed by atoms with Crippen LogP contribution in [0.15, 0.2) is 24.3 Å². The molecule has 2 N–H and O–H groups in total. The number of ether oxygens (including phenoxy) is 1. The number of rotatable bonds is 4. The largest absolute Gasteiger partial charge is 0.494 e. The second-order valence-corrected chi connectivity index (χ2v) is 3.33. The Bertz CT molecular complexity index is 328. The monoisotopic (exact) mass is 211 g/mol. The highest BCUT2D eigenvalue weighted by molar-refractivity contribution is 7.81. The van der Waals surface area contributed by atoms with Gasteiger partial charge in [0.1, 0.15) is 11.0 Å². The third-order valence-electron chi connectivity index (χ3n) is 1.75. The van der Waals surface area contributed by atoms with Crippen LogP contribution in [0.25, 0.3) is 0 Å². The van der Waals surface area contributed by atoms with E-state index in [4.69, 9.17) is 10.5 Å². The van der Waals surface area contributed by atoms with Crippen LogP contribution < -0.4 is 10.5 Å². The minimum Gasteiger partial charge on any atom is -0.494 e. The lowest BCUT2D eigenvalue weighted by Crippen LogP contribution is -2.17. The molecule has 0 radical (unpaired) electrons. The summed E-state index contributed by atoms with van der Waals surface area (Å²) in [5.41, 5.74) is 5.89. The molecule has 1 atom stereocenters. The van der Waals surface area contributed by atoms with Crippen molar-refractivity contribution in [3.63, 3.8) is 0 Å². The summed E-state index contributed by atoms with van der Waals surface area (Å²) in [5, 5.41) is -0.574. The minimum absolute atomic E-state index is 0.456. The molecule has 76 valence electrons. The highest BCUT2D eigenvalue weighted by Gasteiger charge is 2.12. The standard InChI is InChI=1S/C10H13NO2S/c1-2-13-8-5-3-4-7(6-8)9(14)10(11)12/h3-6,9,14H,2H2,1H3,(H2,11,12). The van der Waals surface area contributed by atoms with Gasteiger partial charge in [0.15, 0.2) is 0 Å². The molecule has 0 fully saturated rings. The van der Waals surface area contributed by atoms with Crippen LogP contribution in [0, 0.1) is 0 Å². The summed E-state index contributed by atoms with van der Waals surface area (Å²) in [6, 6.07) is 7.21. The molecule has 0 aliphatic heterocycles. The molecule has 0 aliphatic carbocycles. The number of carbonyl (C=O) groups excluding carboxylic acids is 1. The smallest absolute Gasteiger partial charge is 0.234 e. The van der Waals surface area contributed by atoms with E-state index in [1.807, 2.05) is 19.1 Å². The molecule has 4 heteroatoms. The number of thiol groups is 1. The van der Waals surface area contributed by atoms with Gasteiger partial charge in [-0.3, -0.25) is 4.79 Å². The van der Waals surface area contributed by atoms with Gasteiger partial charge in [-0.2, -0.15) is 12.6 Å². The molecule has 1 aromatic carbocycles. The fourth-order valence-corrected chi connectivity index (χ4v) is 1.27. The maximum Gasteiger partial charge on any atom is 0.234 e. The van der Waals surface area contributed by atoms with Gasteiger partial charge >= 0.3 is 0 Å². The average molecular weight is 211 g/mol. The zero-order valence-corrected chi connectivity index (χ0v) is 8.83. The van der Waals surface area contributed by atoms with Gasteiger partial charge in [-0.05, 0) is 24.6 Å². The predicted octanol–water partition coefficient (Wildman–Crippen LogP) is 1.54. The quantitative estimate of drug-likeness (QED) is 0.742. The molecule has 1 aromatic rings. The molecular weight excluding hydrogens is 198 g/mol. The van der Waals surface area contributed by atoms with Crippen LogP contribution in [0.5, 0.6) is 5.75 Å². The fourth-order valence-electron chi connectivity index (χ4n) is 1.11. The normalized spacial score (nSPS) is 12.1. The van der Waals surface area contributed by atoms with Gasteiger partial charge < -0.3 is 10.5 Å². The third kappa shape index (κ3) is 2.67. The van der Waals surface area contributed by atoms with E-state index < -0.39 is 11.2 Å². The van der Waals surface area contributed by atoms with Gasteiger partial charge in [0.05, 0.1) is 6.61 Å². The maximum absolute atomic E-state index is 10.9. The van der Waals surface area contributed by atoms with E-state index in [9.17, 15) is 4.79 Å². The first kappa shape index (κ1) is 10.9. The Morgan fingerprint density at radius 1 is 1.64 bits per heavy atom. The van der Waals surface area contributed by atoms with E-state index in [2.05, 4.69) is 12.6 Å². The maximum atomic E-state index is 10.9. The number of amides is 1. The third-order valence-corrected chi connectivity index (χ3v) is 2.31. The Hall–Kier alpha value is -1.16. The second-order valence-electron chi connectivity index (χ2n) is 2.81. The lowest BCUT2D eigenvalue weighted by Gasteiger charge is -2.09. The Kier molecular flexibility index (Phi) is 3.83. The number of primary amides is 1. The van der Waals surface area contributed by atoms with Crippen molar-refractivity contribution < 1.29 is 9.53 Å². The van der Waals surface area contributed by atoms with Gasteiger partial charge in [0.2, 0.25) is 5.91 Å². The molecule has 14 heavy (non-hydrogen) atoms. The number of hydrogen-bond donors (Lipinski definition) is 2. The molecule has 0 spiro atoms. The molecule has 0 bridgehead atoms. The van der Waals surface area contributed by atoms with Crippen LogP contribution in [0.2, 0.25) is 0 Å². The van der Waals surface area contributed by atoms with E-state index in [0.717, 1.165) is 11.3 Å². The summed E-state index contributed by atoms with van der Waals surface area (Å²) < 4.78 is 5.29. The first-order valence-electron chi connectivity index (χ1n) is 4.35. The lowest BCUT2D eigenvalue weighted by atomic mass is 10.1. The van der Waals surface area contributed by atoms with Crippen LogP contribution in [0.4, 0.5) is 0 Å². The van der Waals surface area contributed by atoms with E-state index >= 15 is 0 Å². The highest BCUT2D eigenvalue weighted by atomic mass is 32.1. The molecule has 3 nitrogen and oxygen atoms in total. The number of nitrogens with two attached hydrogens (primary N) is 1. The number of carbonyl (C=O) groups is 1. The molecule has 0 saturated heterocycles. The molecule has 1 unspecified atom stereocenters. The van der Waals surface area contributed by atoms with Crippen molar-refractivity contribution in [1.82, 2.24) is 0 Å². The molecular formula is C10H13NO2S. The summed E-state index contributed by atoms with van der Waals surface area (Å²) in [6.07, 6.45) is 0. The van der Waals surface area contributed by atoms with Crippen molar-refractivity contribution in [2.45, 2.75) is 12.2 Å². The molecule has 1 amide bonds. The van der Waals surface area contributed by atoms with Crippen LogP contribution >= 0.6 is 12.6 Å². The Balaban J connectivity index is 2.87. The van der Waals surface area contributed by atoms with Crippen LogP contribution in [-0.4, -0.2) is 12.5 Å². The van der Waals surface area contributed by atoms with E-state index in [1.54, 1.807) is 12.1 Å². The molecule has 1 rings (SSSR count). The molecule has 0 aromatic heterocycles. The summed E-state index contributed by atoms with van der Waals surface area (Å²) >= 11 is 4.10. The van der Waals surface area contributed by atoms with Crippen molar-refractivity contribution >= 4 is 18.5 Å². The van der Waals surface area contributed by atoms with Crippen molar-refractivity contribution in [1.29, 1.82) is 0 Å². The fraction of sp³-hybridized carbons (Fsp3) is 0.300. The summed E-state index contributed by atoms with van der Waals surface area (Å²) in [5.74, 6) is 0.271. The van der Waals surface area contributed by atoms with Crippen LogP contribution in [-0.2, 0) is 4.79 Å². The van der Waals surface area contributed by atoms with Gasteiger partial charge in [0.25, 0.3) is 0 Å². The van der Waals surface area contributed by atoms with Gasteiger partial charge in [-0.1, -0.05) is 12.1 Å². The molecule has 0 aliphatic rings. The summed E-state index contributed by atoms with van der Waals surface area (Å²) in [4.78, 5) is 10.9. The second kappa shape index (κ2) is 4.91. The van der Waals surface area contributed by atoms with Crippen molar-refractivity contribution in [2.75, 3.05) is 6.61 Å². The topological polar surface area (TPSA) is 52.3 Å². The zero-order chi connectivity index (χ0) is 10.6. The van der Waals surface area contributed by atoms with Crippen LogP contribution in [0.1, 0.15) is 17.7 Å². The SMILES string of the molecule is CCOc1cccc(C(S)C(N)=O)c1. The van der Waals surface area contributed by atoms with Crippen LogP contribution in [0.3, 0.4) is 0 Å². The van der Waals surface area contributed by atoms with Gasteiger partial charge in [0, 0.05) is 0 Å². The van der Waals surface area contributed by atoms with E-state index in [1.165, 1.54) is 0 Å². The van der Waals surface area contributed by atoms with E-state index in [-0.39, 0.29) is 0 Å². The number of hydrogen-bond acceptors (Lipinski definition) is 3. The minimum atomic E-state index is -0.574. The summed E-state index contributed by atoms with van der Waals surface area (Å²) in [7, 11) is 0. The summed E-state index contributed by atoms with van der Waals surface area (Å²) in [6.45, 7) is 2.50. The Morgan fingerprint density at radius 3 is 2.93 bits per heavy atom. The predicted molar refractivity (Wildman–Crippen MR) is 58.5 cm³/mol. The zero-order valence-electron chi connectivity index (χ0n) is 7.93. The van der Waals surface area contributed by atoms with E-state index in [0.29, 0.717) is 6.61 Å². The molecule has 0 heterocycles. The van der Waals surface area contributed by atoms with Gasteiger partial charge in [-0.25, -0.2) is 0 Å². The highest BCUT2D eigenvalue weighted by Crippen LogP contribution is 2.23. The lowest BCUT2D eigenvalue weighted by molar-refractivity contribution is -0.117. The Labute approximate surface area is 88.7 Å². The average Bonchev–Trinajstić information content (AvgIpc) is 2.17. The first-order chi connectivity index (χ1) is 6.65. The Morgan fingerprint density at radius 2 is 2.36 bits per heavy atom.